The molecule has 0 heterocycles. The number of methoxy groups -OCH3 is 1. The Bertz CT molecular complexity index is 249. The molecule has 0 atom stereocenters. The number of hydrogen-bond donors (Lipinski definition) is 1. The molecule has 2 fully saturated rings. The summed E-state index contributed by atoms with van der Waals surface area (Å²) in [4.78, 5) is 11.4. The molecule has 0 aromatic heterocycles. The Hall–Kier alpha value is -0.570. The van der Waals surface area contributed by atoms with Crippen molar-refractivity contribution in [3.05, 3.63) is 0 Å². The minimum absolute atomic E-state index is 0.0254. The number of aliphatic hydroxyl groups is 1. The number of carbonyl (C=O) groups is 1. The van der Waals surface area contributed by atoms with Gasteiger partial charge >= 0.3 is 5.97 Å². The maximum Gasteiger partial charge on any atom is 0.308 e. The second-order valence-corrected chi connectivity index (χ2v) is 5.70. The Morgan fingerprint density at radius 3 is 1.74 bits per heavy atom. The molecule has 0 unspecified atom stereocenters. The summed E-state index contributed by atoms with van der Waals surface area (Å²) in [6.07, 6.45) is 8.57. The minimum Gasteiger partial charge on any atom is -0.469 e. The van der Waals surface area contributed by atoms with Gasteiger partial charge in [-0.05, 0) is 63.2 Å². The highest BCUT2D eigenvalue weighted by atomic mass is 16.5. The Kier molecular flexibility index (Phi) is 7.44. The summed E-state index contributed by atoms with van der Waals surface area (Å²) in [5.74, 6) is 1.69. The molecule has 2 rings (SSSR count). The van der Waals surface area contributed by atoms with Gasteiger partial charge in [-0.25, -0.2) is 0 Å². The minimum atomic E-state index is -0.0577. The van der Waals surface area contributed by atoms with E-state index in [1.807, 2.05) is 13.8 Å². The van der Waals surface area contributed by atoms with Gasteiger partial charge in [0.15, 0.2) is 0 Å². The van der Waals surface area contributed by atoms with E-state index in [4.69, 9.17) is 4.74 Å². The highest BCUT2D eigenvalue weighted by Crippen LogP contribution is 2.40. The molecule has 0 aromatic carbocycles. The molecule has 19 heavy (non-hydrogen) atoms. The molecule has 0 spiro atoms. The van der Waals surface area contributed by atoms with Gasteiger partial charge < -0.3 is 9.84 Å². The Balaban J connectivity index is 0.000000861. The lowest BCUT2D eigenvalue weighted by Gasteiger charge is -2.36. The number of esters is 1. The average molecular weight is 270 g/mol. The van der Waals surface area contributed by atoms with E-state index < -0.39 is 0 Å². The molecular weight excluding hydrogens is 240 g/mol. The van der Waals surface area contributed by atoms with Crippen LogP contribution < -0.4 is 0 Å². The van der Waals surface area contributed by atoms with Gasteiger partial charge in [-0.2, -0.15) is 0 Å². The Morgan fingerprint density at radius 2 is 1.32 bits per heavy atom. The lowest BCUT2D eigenvalue weighted by atomic mass is 9.70. The summed E-state index contributed by atoms with van der Waals surface area (Å²) < 4.78 is 4.81. The van der Waals surface area contributed by atoms with Crippen LogP contribution in [0, 0.1) is 17.8 Å². The van der Waals surface area contributed by atoms with Gasteiger partial charge in [-0.1, -0.05) is 13.8 Å². The molecule has 0 aliphatic heterocycles. The number of aliphatic hydroxyl groups excluding tert-OH is 1. The van der Waals surface area contributed by atoms with E-state index in [9.17, 15) is 9.90 Å². The van der Waals surface area contributed by atoms with Crippen molar-refractivity contribution < 1.29 is 14.6 Å². The van der Waals surface area contributed by atoms with Crippen molar-refractivity contribution in [1.29, 1.82) is 0 Å². The van der Waals surface area contributed by atoms with Crippen molar-refractivity contribution >= 4 is 5.97 Å². The van der Waals surface area contributed by atoms with Gasteiger partial charge in [0.25, 0.3) is 0 Å². The van der Waals surface area contributed by atoms with Crippen LogP contribution in [0.2, 0.25) is 0 Å². The second kappa shape index (κ2) is 8.57. The molecule has 2 saturated carbocycles. The normalized spacial score (nSPS) is 34.9. The van der Waals surface area contributed by atoms with E-state index in [0.717, 1.165) is 37.5 Å². The van der Waals surface area contributed by atoms with Crippen molar-refractivity contribution in [3.63, 3.8) is 0 Å². The largest absolute Gasteiger partial charge is 0.469 e. The van der Waals surface area contributed by atoms with Gasteiger partial charge in [-0.3, -0.25) is 4.79 Å². The molecule has 112 valence electrons. The van der Waals surface area contributed by atoms with Crippen LogP contribution in [0.5, 0.6) is 0 Å². The van der Waals surface area contributed by atoms with E-state index in [1.54, 1.807) is 0 Å². The zero-order valence-electron chi connectivity index (χ0n) is 12.7. The van der Waals surface area contributed by atoms with Crippen molar-refractivity contribution in [2.24, 2.45) is 17.8 Å². The van der Waals surface area contributed by atoms with E-state index in [-0.39, 0.29) is 18.0 Å². The van der Waals surface area contributed by atoms with Crippen molar-refractivity contribution in [3.8, 4) is 0 Å². The zero-order chi connectivity index (χ0) is 14.3. The summed E-state index contributed by atoms with van der Waals surface area (Å²) >= 11 is 0. The van der Waals surface area contributed by atoms with E-state index in [0.29, 0.717) is 0 Å². The summed E-state index contributed by atoms with van der Waals surface area (Å²) in [6, 6.07) is 0. The molecule has 0 saturated heterocycles. The van der Waals surface area contributed by atoms with Crippen molar-refractivity contribution in [2.45, 2.75) is 71.3 Å². The molecule has 3 nitrogen and oxygen atoms in total. The summed E-state index contributed by atoms with van der Waals surface area (Å²) in [5, 5.41) is 9.51. The van der Waals surface area contributed by atoms with Crippen LogP contribution in [-0.2, 0) is 9.53 Å². The first-order valence-electron chi connectivity index (χ1n) is 7.96. The fourth-order valence-corrected chi connectivity index (χ4v) is 3.57. The molecule has 0 radical (unpaired) electrons. The van der Waals surface area contributed by atoms with Gasteiger partial charge in [0, 0.05) is 0 Å². The molecule has 0 aromatic rings. The summed E-state index contributed by atoms with van der Waals surface area (Å²) in [6.45, 7) is 4.00. The number of ether oxygens (including phenoxy) is 1. The molecule has 0 bridgehead atoms. The Morgan fingerprint density at radius 1 is 0.895 bits per heavy atom. The molecule has 0 amide bonds. The predicted molar refractivity (Wildman–Crippen MR) is 76.8 cm³/mol. The molecule has 1 N–H and O–H groups in total. The fraction of sp³-hybridized carbons (Fsp3) is 0.938. The third-order valence-corrected chi connectivity index (χ3v) is 4.71. The maximum atomic E-state index is 11.4. The predicted octanol–water partition coefficient (Wildman–Crippen LogP) is 3.54. The van der Waals surface area contributed by atoms with Gasteiger partial charge in [0.2, 0.25) is 0 Å². The molecule has 3 heteroatoms. The molecule has 2 aliphatic carbocycles. The van der Waals surface area contributed by atoms with Gasteiger partial charge in [-0.15, -0.1) is 0 Å². The standard InChI is InChI=1S/C14H24O3.C2H6/c1-17-14(16)12-4-2-10(3-5-12)11-6-8-13(15)9-7-11;1-2/h10-13,15H,2-9H2,1H3;1-2H3. The van der Waals surface area contributed by atoms with E-state index in [1.165, 1.54) is 32.8 Å². The first-order valence-corrected chi connectivity index (χ1v) is 7.96. The van der Waals surface area contributed by atoms with Crippen LogP contribution >= 0.6 is 0 Å². The van der Waals surface area contributed by atoms with E-state index >= 15 is 0 Å². The smallest absolute Gasteiger partial charge is 0.308 e. The monoisotopic (exact) mass is 270 g/mol. The van der Waals surface area contributed by atoms with Crippen LogP contribution in [0.25, 0.3) is 0 Å². The number of carbonyl (C=O) groups excluding carboxylic acids is 1. The highest BCUT2D eigenvalue weighted by molar-refractivity contribution is 5.72. The van der Waals surface area contributed by atoms with Gasteiger partial charge in [0.1, 0.15) is 0 Å². The first kappa shape index (κ1) is 16.5. The Labute approximate surface area is 117 Å². The van der Waals surface area contributed by atoms with Crippen molar-refractivity contribution in [2.75, 3.05) is 7.11 Å². The van der Waals surface area contributed by atoms with Crippen molar-refractivity contribution in [1.82, 2.24) is 0 Å². The van der Waals surface area contributed by atoms with Crippen LogP contribution in [0.4, 0.5) is 0 Å². The lowest BCUT2D eigenvalue weighted by Crippen LogP contribution is -2.29. The summed E-state index contributed by atoms with van der Waals surface area (Å²) in [7, 11) is 1.48. The number of rotatable bonds is 2. The van der Waals surface area contributed by atoms with Crippen LogP contribution in [0.3, 0.4) is 0 Å². The van der Waals surface area contributed by atoms with Crippen LogP contribution in [-0.4, -0.2) is 24.3 Å². The first-order chi connectivity index (χ1) is 9.20. The van der Waals surface area contributed by atoms with E-state index in [2.05, 4.69) is 0 Å². The zero-order valence-corrected chi connectivity index (χ0v) is 12.7. The second-order valence-electron chi connectivity index (χ2n) is 5.70. The number of hydrogen-bond acceptors (Lipinski definition) is 3. The molecular formula is C16H30O3. The van der Waals surface area contributed by atoms with Crippen LogP contribution in [0.15, 0.2) is 0 Å². The SMILES string of the molecule is CC.COC(=O)C1CCC(C2CCC(O)CC2)CC1. The molecule has 2 aliphatic rings. The summed E-state index contributed by atoms with van der Waals surface area (Å²) in [5.41, 5.74) is 0. The average Bonchev–Trinajstić information content (AvgIpc) is 2.49. The lowest BCUT2D eigenvalue weighted by molar-refractivity contribution is -0.147. The van der Waals surface area contributed by atoms with Crippen LogP contribution in [0.1, 0.15) is 65.2 Å². The third-order valence-electron chi connectivity index (χ3n) is 4.71. The fourth-order valence-electron chi connectivity index (χ4n) is 3.57. The highest BCUT2D eigenvalue weighted by Gasteiger charge is 2.32. The quantitative estimate of drug-likeness (QED) is 0.781. The third kappa shape index (κ3) is 4.79. The van der Waals surface area contributed by atoms with Gasteiger partial charge in [0.05, 0.1) is 19.1 Å². The maximum absolute atomic E-state index is 11.4. The topological polar surface area (TPSA) is 46.5 Å².